The largest absolute Gasteiger partial charge is 0.478 e. The SMILES string of the molecule is CC(C)CNCc1ccc(-c2cc(C(=O)O)ccc2Cl)o1. The zero-order valence-electron chi connectivity index (χ0n) is 12.0. The Kier molecular flexibility index (Phi) is 5.04. The highest BCUT2D eigenvalue weighted by Gasteiger charge is 2.12. The average Bonchev–Trinajstić information content (AvgIpc) is 2.87. The van der Waals surface area contributed by atoms with Crippen molar-refractivity contribution in [3.05, 3.63) is 46.7 Å². The Hall–Kier alpha value is -1.78. The Bertz CT molecular complexity index is 634. The predicted octanol–water partition coefficient (Wildman–Crippen LogP) is 4.04. The minimum Gasteiger partial charge on any atom is -0.478 e. The van der Waals surface area contributed by atoms with Gasteiger partial charge in [-0.1, -0.05) is 25.4 Å². The van der Waals surface area contributed by atoms with Crippen LogP contribution in [0.2, 0.25) is 5.02 Å². The predicted molar refractivity (Wildman–Crippen MR) is 82.7 cm³/mol. The van der Waals surface area contributed by atoms with Crippen molar-refractivity contribution in [2.45, 2.75) is 20.4 Å². The minimum absolute atomic E-state index is 0.185. The van der Waals surface area contributed by atoms with Crippen molar-refractivity contribution in [3.8, 4) is 11.3 Å². The molecule has 0 aliphatic heterocycles. The van der Waals surface area contributed by atoms with Crippen molar-refractivity contribution in [3.63, 3.8) is 0 Å². The number of carbonyl (C=O) groups is 1. The van der Waals surface area contributed by atoms with E-state index in [9.17, 15) is 4.79 Å². The first-order valence-corrected chi connectivity index (χ1v) is 7.18. The smallest absolute Gasteiger partial charge is 0.335 e. The van der Waals surface area contributed by atoms with Gasteiger partial charge >= 0.3 is 5.97 Å². The average molecular weight is 308 g/mol. The van der Waals surface area contributed by atoms with Crippen LogP contribution in [0, 0.1) is 5.92 Å². The van der Waals surface area contributed by atoms with Gasteiger partial charge in [-0.25, -0.2) is 4.79 Å². The van der Waals surface area contributed by atoms with Crippen molar-refractivity contribution < 1.29 is 14.3 Å². The lowest BCUT2D eigenvalue weighted by Crippen LogP contribution is -2.18. The molecule has 4 nitrogen and oxygen atoms in total. The van der Waals surface area contributed by atoms with E-state index in [0.717, 1.165) is 12.3 Å². The first-order chi connectivity index (χ1) is 9.97. The molecule has 112 valence electrons. The zero-order valence-corrected chi connectivity index (χ0v) is 12.8. The summed E-state index contributed by atoms with van der Waals surface area (Å²) in [4.78, 5) is 11.0. The molecule has 0 radical (unpaired) electrons. The summed E-state index contributed by atoms with van der Waals surface area (Å²) < 4.78 is 5.73. The summed E-state index contributed by atoms with van der Waals surface area (Å²) in [5.74, 6) is 0.950. The number of benzene rings is 1. The summed E-state index contributed by atoms with van der Waals surface area (Å²) >= 11 is 6.12. The summed E-state index contributed by atoms with van der Waals surface area (Å²) in [5, 5.41) is 12.8. The molecule has 0 fully saturated rings. The summed E-state index contributed by atoms with van der Waals surface area (Å²) in [5.41, 5.74) is 0.775. The fourth-order valence-electron chi connectivity index (χ4n) is 1.95. The van der Waals surface area contributed by atoms with E-state index in [1.165, 1.54) is 12.1 Å². The second-order valence-corrected chi connectivity index (χ2v) is 5.70. The molecule has 0 aliphatic carbocycles. The molecular formula is C16H18ClNO3. The fraction of sp³-hybridized carbons (Fsp3) is 0.312. The van der Waals surface area contributed by atoms with Crippen LogP contribution >= 0.6 is 11.6 Å². The number of nitrogens with one attached hydrogen (secondary N) is 1. The number of hydrogen-bond acceptors (Lipinski definition) is 3. The lowest BCUT2D eigenvalue weighted by molar-refractivity contribution is 0.0697. The standard InChI is InChI=1S/C16H18ClNO3/c1-10(2)8-18-9-12-4-6-15(21-12)13-7-11(16(19)20)3-5-14(13)17/h3-7,10,18H,8-9H2,1-2H3,(H,19,20). The molecule has 21 heavy (non-hydrogen) atoms. The highest BCUT2D eigenvalue weighted by Crippen LogP contribution is 2.30. The molecule has 0 aliphatic rings. The normalized spacial score (nSPS) is 11.0. The van der Waals surface area contributed by atoms with Crippen LogP contribution in [0.4, 0.5) is 0 Å². The molecule has 5 heteroatoms. The van der Waals surface area contributed by atoms with Crippen molar-refractivity contribution in [1.82, 2.24) is 5.32 Å². The molecule has 0 bridgehead atoms. The van der Waals surface area contributed by atoms with Gasteiger partial charge in [0, 0.05) is 5.56 Å². The lowest BCUT2D eigenvalue weighted by Gasteiger charge is -2.05. The van der Waals surface area contributed by atoms with E-state index in [1.807, 2.05) is 6.07 Å². The van der Waals surface area contributed by atoms with Crippen LogP contribution in [0.5, 0.6) is 0 Å². The molecule has 1 aromatic carbocycles. The number of carboxylic acids is 1. The molecule has 1 aromatic heterocycles. The summed E-state index contributed by atoms with van der Waals surface area (Å²) in [6.07, 6.45) is 0. The van der Waals surface area contributed by atoms with E-state index in [-0.39, 0.29) is 5.56 Å². The molecule has 0 amide bonds. The van der Waals surface area contributed by atoms with Gasteiger partial charge in [0.05, 0.1) is 17.1 Å². The van der Waals surface area contributed by atoms with E-state index in [4.69, 9.17) is 21.1 Å². The number of hydrogen-bond donors (Lipinski definition) is 2. The minimum atomic E-state index is -0.988. The lowest BCUT2D eigenvalue weighted by atomic mass is 10.1. The van der Waals surface area contributed by atoms with Gasteiger partial charge in [0.2, 0.25) is 0 Å². The molecule has 2 rings (SSSR count). The maximum absolute atomic E-state index is 11.0. The van der Waals surface area contributed by atoms with Crippen molar-refractivity contribution in [1.29, 1.82) is 0 Å². The van der Waals surface area contributed by atoms with Gasteiger partial charge in [0.25, 0.3) is 0 Å². The molecule has 2 N–H and O–H groups in total. The van der Waals surface area contributed by atoms with E-state index >= 15 is 0 Å². The van der Waals surface area contributed by atoms with Gasteiger partial charge in [-0.05, 0) is 42.8 Å². The van der Waals surface area contributed by atoms with E-state index < -0.39 is 5.97 Å². The van der Waals surface area contributed by atoms with Crippen molar-refractivity contribution >= 4 is 17.6 Å². The quantitative estimate of drug-likeness (QED) is 0.845. The van der Waals surface area contributed by atoms with Crippen molar-refractivity contribution in [2.24, 2.45) is 5.92 Å². The van der Waals surface area contributed by atoms with Crippen LogP contribution in [-0.4, -0.2) is 17.6 Å². The number of rotatable bonds is 6. The number of halogens is 1. The van der Waals surface area contributed by atoms with Gasteiger partial charge in [-0.3, -0.25) is 0 Å². The maximum atomic E-state index is 11.0. The Balaban J connectivity index is 2.17. The molecule has 0 atom stereocenters. The molecule has 0 saturated carbocycles. The summed E-state index contributed by atoms with van der Waals surface area (Å²) in [7, 11) is 0. The van der Waals surface area contributed by atoms with Gasteiger partial charge in [-0.15, -0.1) is 0 Å². The van der Waals surface area contributed by atoms with Gasteiger partial charge in [-0.2, -0.15) is 0 Å². The highest BCUT2D eigenvalue weighted by atomic mass is 35.5. The molecule has 1 heterocycles. The van der Waals surface area contributed by atoms with E-state index in [1.54, 1.807) is 12.1 Å². The maximum Gasteiger partial charge on any atom is 0.335 e. The third-order valence-electron chi connectivity index (χ3n) is 2.99. The fourth-order valence-corrected chi connectivity index (χ4v) is 2.16. The van der Waals surface area contributed by atoms with Crippen LogP contribution in [0.1, 0.15) is 30.0 Å². The third-order valence-corrected chi connectivity index (χ3v) is 3.32. The topological polar surface area (TPSA) is 62.5 Å². The van der Waals surface area contributed by atoms with Crippen LogP contribution in [0.25, 0.3) is 11.3 Å². The molecule has 2 aromatic rings. The van der Waals surface area contributed by atoms with Crippen molar-refractivity contribution in [2.75, 3.05) is 6.54 Å². The molecule has 0 saturated heterocycles. The first kappa shape index (κ1) is 15.6. The van der Waals surface area contributed by atoms with Gasteiger partial charge < -0.3 is 14.8 Å². The number of aromatic carboxylic acids is 1. The Labute approximate surface area is 128 Å². The Morgan fingerprint density at radius 2 is 2.10 bits per heavy atom. The second kappa shape index (κ2) is 6.78. The van der Waals surface area contributed by atoms with Crippen LogP contribution < -0.4 is 5.32 Å². The number of carboxylic acid groups (broad SMARTS) is 1. The van der Waals surface area contributed by atoms with Crippen LogP contribution in [0.3, 0.4) is 0 Å². The second-order valence-electron chi connectivity index (χ2n) is 5.29. The van der Waals surface area contributed by atoms with Gasteiger partial charge in [0.1, 0.15) is 11.5 Å². The Morgan fingerprint density at radius 3 is 2.76 bits per heavy atom. The molecular weight excluding hydrogens is 290 g/mol. The van der Waals surface area contributed by atoms with Gasteiger partial charge in [0.15, 0.2) is 0 Å². The van der Waals surface area contributed by atoms with E-state index in [0.29, 0.717) is 28.8 Å². The summed E-state index contributed by atoms with van der Waals surface area (Å²) in [6, 6.07) is 8.24. The third kappa shape index (κ3) is 4.09. The monoisotopic (exact) mass is 307 g/mol. The molecule has 0 unspecified atom stereocenters. The highest BCUT2D eigenvalue weighted by molar-refractivity contribution is 6.33. The van der Waals surface area contributed by atoms with E-state index in [2.05, 4.69) is 19.2 Å². The zero-order chi connectivity index (χ0) is 15.4. The summed E-state index contributed by atoms with van der Waals surface area (Å²) in [6.45, 7) is 5.81. The number of furan rings is 1. The Morgan fingerprint density at radius 1 is 1.33 bits per heavy atom. The van der Waals surface area contributed by atoms with Crippen LogP contribution in [0.15, 0.2) is 34.7 Å². The molecule has 0 spiro atoms. The first-order valence-electron chi connectivity index (χ1n) is 6.80. The van der Waals surface area contributed by atoms with Crippen LogP contribution in [-0.2, 0) is 6.54 Å².